The number of nitrogens with one attached hydrogen (secondary N) is 1. The molecule has 0 bridgehead atoms. The summed E-state index contributed by atoms with van der Waals surface area (Å²) in [7, 11) is 1.63. The molecule has 1 amide bonds. The molecule has 8 heteroatoms. The van der Waals surface area contributed by atoms with Crippen LogP contribution in [0.25, 0.3) is 22.2 Å². The van der Waals surface area contributed by atoms with Crippen LogP contribution in [0, 0.1) is 6.92 Å². The summed E-state index contributed by atoms with van der Waals surface area (Å²) in [5.74, 6) is 0. The highest BCUT2D eigenvalue weighted by molar-refractivity contribution is 14.2. The van der Waals surface area contributed by atoms with Crippen LogP contribution in [0.1, 0.15) is 39.2 Å². The van der Waals surface area contributed by atoms with Crippen LogP contribution in [0.2, 0.25) is 0 Å². The lowest BCUT2D eigenvalue weighted by Crippen LogP contribution is -2.44. The molecule has 1 fully saturated rings. The number of anilines is 1. The fraction of sp³-hybridized carbons (Fsp3) is 0.417. The van der Waals surface area contributed by atoms with E-state index in [1.165, 1.54) is 10.9 Å². The van der Waals surface area contributed by atoms with Gasteiger partial charge in [-0.05, 0) is 69.9 Å². The topological polar surface area (TPSA) is 59.4 Å². The van der Waals surface area contributed by atoms with Crippen LogP contribution in [-0.4, -0.2) is 44.7 Å². The maximum Gasteiger partial charge on any atom is 0.410 e. The molecule has 0 spiro atoms. The molecule has 1 aromatic carbocycles. The van der Waals surface area contributed by atoms with Gasteiger partial charge in [0.2, 0.25) is 0 Å². The molecule has 3 aromatic rings. The van der Waals surface area contributed by atoms with E-state index in [1.54, 1.807) is 9.12 Å². The number of aryl methyl sites for hydroxylation is 1. The predicted octanol–water partition coefficient (Wildman–Crippen LogP) is 6.67. The zero-order valence-corrected chi connectivity index (χ0v) is 21.9. The Morgan fingerprint density at radius 3 is 2.66 bits per heavy atom. The Hall–Kier alpha value is -1.94. The van der Waals surface area contributed by atoms with Gasteiger partial charge in [0, 0.05) is 78.5 Å². The van der Waals surface area contributed by atoms with Crippen molar-refractivity contribution in [2.45, 2.75) is 52.2 Å². The van der Waals surface area contributed by atoms with Crippen molar-refractivity contribution < 1.29 is 9.53 Å². The van der Waals surface area contributed by atoms with Gasteiger partial charge in [-0.25, -0.2) is 9.78 Å². The van der Waals surface area contributed by atoms with Crippen molar-refractivity contribution in [1.29, 1.82) is 0 Å². The highest BCUT2D eigenvalue weighted by Gasteiger charge is 2.26. The molecule has 6 nitrogen and oxygen atoms in total. The third-order valence-corrected chi connectivity index (χ3v) is 7.30. The molecule has 0 atom stereocenters. The van der Waals surface area contributed by atoms with Crippen molar-refractivity contribution in [3.63, 3.8) is 0 Å². The van der Waals surface area contributed by atoms with Crippen molar-refractivity contribution in [2.75, 3.05) is 18.4 Å². The lowest BCUT2D eigenvalue weighted by Gasteiger charge is -2.34. The van der Waals surface area contributed by atoms with E-state index in [1.807, 2.05) is 31.9 Å². The Balaban J connectivity index is 1.43. The van der Waals surface area contributed by atoms with Crippen molar-refractivity contribution in [1.82, 2.24) is 13.9 Å². The first kappa shape index (κ1) is 23.2. The van der Waals surface area contributed by atoms with E-state index in [4.69, 9.17) is 9.72 Å². The fourth-order valence-corrected chi connectivity index (χ4v) is 5.31. The Morgan fingerprint density at radius 2 is 1.97 bits per heavy atom. The van der Waals surface area contributed by atoms with E-state index in [2.05, 4.69) is 73.9 Å². The van der Waals surface area contributed by atoms with Gasteiger partial charge in [-0.15, -0.1) is 0 Å². The molecule has 4 rings (SSSR count). The van der Waals surface area contributed by atoms with Crippen LogP contribution in [0.5, 0.6) is 0 Å². The summed E-state index contributed by atoms with van der Waals surface area (Å²) in [6, 6.07) is 11.0. The molecule has 32 heavy (non-hydrogen) atoms. The van der Waals surface area contributed by atoms with Crippen LogP contribution in [0.4, 0.5) is 10.5 Å². The van der Waals surface area contributed by atoms with Gasteiger partial charge in [0.05, 0.1) is 0 Å². The molecule has 0 saturated carbocycles. The number of rotatable bonds is 4. The monoisotopic (exact) mass is 564 g/mol. The maximum absolute atomic E-state index is 12.3. The number of fused-ring (bicyclic) bond motifs is 1. The molecular formula is C24H29IN4O2S. The molecule has 1 saturated heterocycles. The number of amides is 1. The van der Waals surface area contributed by atoms with Crippen molar-refractivity contribution >= 4 is 53.1 Å². The number of likely N-dealkylation sites (tertiary alicyclic amines) is 1. The zero-order valence-electron chi connectivity index (χ0n) is 18.9. The van der Waals surface area contributed by atoms with E-state index in [-0.39, 0.29) is 6.09 Å². The second-order valence-electron chi connectivity index (χ2n) is 9.27. The molecule has 0 unspecified atom stereocenters. The van der Waals surface area contributed by atoms with Crippen LogP contribution in [0.15, 0.2) is 42.7 Å². The highest BCUT2D eigenvalue weighted by Crippen LogP contribution is 2.31. The number of carbonyl (C=O) groups excluding carboxylic acids is 1. The minimum absolute atomic E-state index is 0.217. The minimum Gasteiger partial charge on any atom is -0.444 e. The molecule has 3 heterocycles. The normalized spacial score (nSPS) is 15.2. The van der Waals surface area contributed by atoms with Crippen LogP contribution in [0.3, 0.4) is 0 Å². The summed E-state index contributed by atoms with van der Waals surface area (Å²) >= 11 is 2.28. The SMILES string of the molecule is Cc1cn(SI)c2ncc(-c3cccc(NC4CCN(C(=O)OC(C)(C)C)CC4)c3)cc12. The zero-order chi connectivity index (χ0) is 22.9. The Kier molecular flexibility index (Phi) is 6.90. The molecule has 1 aliphatic heterocycles. The standard InChI is InChI=1S/C24H29IN4O2S/c1-16-15-29(32-25)22-21(16)13-18(14-26-22)17-6-5-7-20(12-17)27-19-8-10-28(11-9-19)23(30)31-24(2,3)4/h5-7,12-15,19,27H,8-11H2,1-4H3. The molecule has 0 radical (unpaired) electrons. The van der Waals surface area contributed by atoms with Gasteiger partial charge < -0.3 is 15.0 Å². The number of halogens is 1. The first-order valence-corrected chi connectivity index (χ1v) is 14.2. The minimum atomic E-state index is -0.458. The number of piperidine rings is 1. The maximum atomic E-state index is 12.3. The van der Waals surface area contributed by atoms with Gasteiger partial charge in [-0.2, -0.15) is 0 Å². The smallest absolute Gasteiger partial charge is 0.410 e. The number of nitrogens with zero attached hydrogens (tertiary/aromatic N) is 3. The van der Waals surface area contributed by atoms with Crippen molar-refractivity contribution in [3.8, 4) is 11.1 Å². The molecule has 2 aromatic heterocycles. The van der Waals surface area contributed by atoms with Crippen molar-refractivity contribution in [2.24, 2.45) is 0 Å². The summed E-state index contributed by atoms with van der Waals surface area (Å²) in [6.45, 7) is 9.24. The molecular weight excluding hydrogens is 535 g/mol. The summed E-state index contributed by atoms with van der Waals surface area (Å²) in [5, 5.41) is 4.83. The highest BCUT2D eigenvalue weighted by atomic mass is 127. The van der Waals surface area contributed by atoms with Gasteiger partial charge in [0.1, 0.15) is 5.60 Å². The predicted molar refractivity (Wildman–Crippen MR) is 141 cm³/mol. The third-order valence-electron chi connectivity index (χ3n) is 5.60. The molecule has 1 N–H and O–H groups in total. The number of hydrogen-bond acceptors (Lipinski definition) is 5. The summed E-state index contributed by atoms with van der Waals surface area (Å²) in [5.41, 5.74) is 5.11. The quantitative estimate of drug-likeness (QED) is 0.359. The number of pyridine rings is 1. The van der Waals surface area contributed by atoms with Crippen molar-refractivity contribution in [3.05, 3.63) is 48.3 Å². The second-order valence-corrected chi connectivity index (χ2v) is 11.0. The second kappa shape index (κ2) is 9.51. The number of aromatic nitrogens is 2. The average molecular weight is 564 g/mol. The summed E-state index contributed by atoms with van der Waals surface area (Å²) < 4.78 is 7.59. The number of benzene rings is 1. The first-order valence-electron chi connectivity index (χ1n) is 10.9. The third kappa shape index (κ3) is 5.33. The summed E-state index contributed by atoms with van der Waals surface area (Å²) in [4.78, 5) is 18.8. The van der Waals surface area contributed by atoms with Gasteiger partial charge in [-0.3, -0.25) is 3.97 Å². The van der Waals surface area contributed by atoms with E-state index in [0.29, 0.717) is 19.1 Å². The lowest BCUT2D eigenvalue weighted by molar-refractivity contribution is 0.0210. The molecule has 170 valence electrons. The number of carbonyl (C=O) groups is 1. The number of ether oxygens (including phenoxy) is 1. The Bertz CT molecular complexity index is 1120. The van der Waals surface area contributed by atoms with Gasteiger partial charge in [0.15, 0.2) is 5.65 Å². The Morgan fingerprint density at radius 1 is 1.22 bits per heavy atom. The largest absolute Gasteiger partial charge is 0.444 e. The molecule has 1 aliphatic rings. The Labute approximate surface area is 205 Å². The number of hydrogen-bond donors (Lipinski definition) is 1. The van der Waals surface area contributed by atoms with Crippen LogP contribution in [-0.2, 0) is 4.74 Å². The van der Waals surface area contributed by atoms with Gasteiger partial charge >= 0.3 is 6.09 Å². The summed E-state index contributed by atoms with van der Waals surface area (Å²) in [6.07, 6.45) is 5.66. The molecule has 0 aliphatic carbocycles. The lowest BCUT2D eigenvalue weighted by atomic mass is 10.0. The van der Waals surface area contributed by atoms with Crippen LogP contribution >= 0.6 is 30.3 Å². The van der Waals surface area contributed by atoms with E-state index < -0.39 is 5.60 Å². The van der Waals surface area contributed by atoms with E-state index >= 15 is 0 Å². The van der Waals surface area contributed by atoms with Gasteiger partial charge in [-0.1, -0.05) is 12.1 Å². The average Bonchev–Trinajstić information content (AvgIpc) is 3.08. The van der Waals surface area contributed by atoms with Gasteiger partial charge in [0.25, 0.3) is 0 Å². The van der Waals surface area contributed by atoms with Crippen LogP contribution < -0.4 is 5.32 Å². The van der Waals surface area contributed by atoms with E-state index in [9.17, 15) is 4.79 Å². The fourth-order valence-electron chi connectivity index (χ4n) is 4.00. The first-order chi connectivity index (χ1) is 15.2. The van der Waals surface area contributed by atoms with E-state index in [0.717, 1.165) is 35.3 Å².